The Morgan fingerprint density at radius 2 is 1.80 bits per heavy atom. The van der Waals surface area contributed by atoms with E-state index in [9.17, 15) is 8.78 Å². The van der Waals surface area contributed by atoms with Crippen molar-refractivity contribution in [1.82, 2.24) is 0 Å². The molecular weight excluding hydrogens is 74.0 g/mol. The Hall–Kier alpha value is -0.400. The van der Waals surface area contributed by atoms with Gasteiger partial charge in [0, 0.05) is 6.08 Å². The molecular formula is C3HF2. The van der Waals surface area contributed by atoms with Gasteiger partial charge in [-0.3, -0.25) is 0 Å². The highest BCUT2D eigenvalue weighted by Gasteiger charge is 2.33. The third-order valence-corrected chi connectivity index (χ3v) is 0.363. The Morgan fingerprint density at radius 1 is 1.60 bits per heavy atom. The van der Waals surface area contributed by atoms with Crippen LogP contribution in [0.2, 0.25) is 0 Å². The lowest BCUT2D eigenvalue weighted by Crippen LogP contribution is -1.84. The van der Waals surface area contributed by atoms with Gasteiger partial charge < -0.3 is 0 Å². The van der Waals surface area contributed by atoms with Crippen molar-refractivity contribution in [2.24, 2.45) is 0 Å². The number of rotatable bonds is 0. The fourth-order valence-electron chi connectivity index (χ4n) is 0.0546. The topological polar surface area (TPSA) is 0 Å². The highest BCUT2D eigenvalue weighted by Crippen LogP contribution is 2.27. The van der Waals surface area contributed by atoms with Crippen LogP contribution in [0.1, 0.15) is 0 Å². The zero-order chi connectivity index (χ0) is 3.91. The second kappa shape index (κ2) is 0.421. The van der Waals surface area contributed by atoms with Gasteiger partial charge in [-0.05, 0) is 6.08 Å². The zero-order valence-corrected chi connectivity index (χ0v) is 2.33. The minimum atomic E-state index is -2.62. The van der Waals surface area contributed by atoms with Gasteiger partial charge in [0.05, 0.1) is 0 Å². The summed E-state index contributed by atoms with van der Waals surface area (Å²) in [5.74, 6) is -2.62. The van der Waals surface area contributed by atoms with Crippen LogP contribution in [0.5, 0.6) is 0 Å². The highest BCUT2D eigenvalue weighted by molar-refractivity contribution is 5.14. The van der Waals surface area contributed by atoms with E-state index in [0.29, 0.717) is 0 Å². The molecule has 0 spiro atoms. The van der Waals surface area contributed by atoms with E-state index in [0.717, 1.165) is 6.08 Å². The molecule has 0 bridgehead atoms. The van der Waals surface area contributed by atoms with Crippen LogP contribution in [0, 0.1) is 6.08 Å². The van der Waals surface area contributed by atoms with E-state index < -0.39 is 5.92 Å². The number of allylic oxidation sites excluding steroid dienone is 2. The third-order valence-electron chi connectivity index (χ3n) is 0.363. The van der Waals surface area contributed by atoms with Crippen molar-refractivity contribution < 1.29 is 8.78 Å². The average Bonchev–Trinajstić information content (AvgIpc) is 1.76. The molecule has 0 aromatic heterocycles. The molecule has 0 aliphatic heterocycles. The molecule has 2 heteroatoms. The van der Waals surface area contributed by atoms with E-state index in [-0.39, 0.29) is 0 Å². The van der Waals surface area contributed by atoms with Crippen LogP contribution in [0.15, 0.2) is 6.08 Å². The molecule has 0 fully saturated rings. The molecule has 0 nitrogen and oxygen atoms in total. The Morgan fingerprint density at radius 3 is 1.80 bits per heavy atom. The standard InChI is InChI=1S/C3HF2/c4-3(5)1-2-3/h1H. The second-order valence-corrected chi connectivity index (χ2v) is 0.912. The van der Waals surface area contributed by atoms with E-state index in [1.54, 1.807) is 6.08 Å². The largest absolute Gasteiger partial charge is 0.292 e. The normalized spacial score (nSPS) is 26.8. The van der Waals surface area contributed by atoms with Gasteiger partial charge in [0.25, 0.3) is 5.92 Å². The van der Waals surface area contributed by atoms with Gasteiger partial charge in [0.15, 0.2) is 0 Å². The van der Waals surface area contributed by atoms with E-state index in [1.807, 2.05) is 0 Å². The minimum absolute atomic E-state index is 0.729. The molecule has 27 valence electrons. The molecule has 0 atom stereocenters. The van der Waals surface area contributed by atoms with Gasteiger partial charge in [-0.15, -0.1) is 0 Å². The molecule has 0 unspecified atom stereocenters. The molecule has 1 radical (unpaired) electrons. The number of halogens is 2. The Balaban J connectivity index is 2.47. The zero-order valence-electron chi connectivity index (χ0n) is 2.33. The summed E-state index contributed by atoms with van der Waals surface area (Å²) in [7, 11) is 0. The average molecular weight is 75.0 g/mol. The molecule has 0 heterocycles. The first-order valence-corrected chi connectivity index (χ1v) is 1.21. The van der Waals surface area contributed by atoms with Gasteiger partial charge in [-0.25, -0.2) is 0 Å². The van der Waals surface area contributed by atoms with Crippen molar-refractivity contribution in [3.8, 4) is 0 Å². The van der Waals surface area contributed by atoms with E-state index in [1.165, 1.54) is 0 Å². The van der Waals surface area contributed by atoms with E-state index in [2.05, 4.69) is 0 Å². The van der Waals surface area contributed by atoms with Crippen molar-refractivity contribution in [2.75, 3.05) is 0 Å². The van der Waals surface area contributed by atoms with Gasteiger partial charge >= 0.3 is 0 Å². The third kappa shape index (κ3) is 0.436. The molecule has 1 aliphatic rings. The van der Waals surface area contributed by atoms with Crippen LogP contribution < -0.4 is 0 Å². The Kier molecular flexibility index (Phi) is 0.237. The lowest BCUT2D eigenvalue weighted by molar-refractivity contribution is 0.146. The predicted molar refractivity (Wildman–Crippen MR) is 12.8 cm³/mol. The lowest BCUT2D eigenvalue weighted by Gasteiger charge is -1.77. The van der Waals surface area contributed by atoms with Crippen molar-refractivity contribution in [3.63, 3.8) is 0 Å². The van der Waals surface area contributed by atoms with Gasteiger partial charge in [-0.2, -0.15) is 8.78 Å². The van der Waals surface area contributed by atoms with Gasteiger partial charge in [0.1, 0.15) is 0 Å². The summed E-state index contributed by atoms with van der Waals surface area (Å²) in [4.78, 5) is 0. The fraction of sp³-hybridized carbons (Fsp3) is 0.333. The molecule has 0 N–H and O–H groups in total. The second-order valence-electron chi connectivity index (χ2n) is 0.912. The quantitative estimate of drug-likeness (QED) is 0.403. The summed E-state index contributed by atoms with van der Waals surface area (Å²) >= 11 is 0. The first kappa shape index (κ1) is 2.82. The molecule has 0 saturated carbocycles. The SMILES string of the molecule is FC1(F)[C]=C1. The van der Waals surface area contributed by atoms with Crippen LogP contribution in [0.3, 0.4) is 0 Å². The number of hydrogen-bond acceptors (Lipinski definition) is 0. The van der Waals surface area contributed by atoms with Gasteiger partial charge in [-0.1, -0.05) is 0 Å². The summed E-state index contributed by atoms with van der Waals surface area (Å²) in [6, 6.07) is 0. The van der Waals surface area contributed by atoms with Crippen molar-refractivity contribution in [2.45, 2.75) is 5.92 Å². The summed E-state index contributed by atoms with van der Waals surface area (Å²) in [6.07, 6.45) is 2.44. The highest BCUT2D eigenvalue weighted by atomic mass is 19.3. The summed E-state index contributed by atoms with van der Waals surface area (Å²) in [5.41, 5.74) is 0. The molecule has 1 rings (SSSR count). The smallest absolute Gasteiger partial charge is 0.196 e. The number of alkyl halides is 2. The maximum absolute atomic E-state index is 11.0. The predicted octanol–water partition coefficient (Wildman–Crippen LogP) is 0.995. The molecule has 0 aromatic rings. The number of hydrogen-bond donors (Lipinski definition) is 0. The van der Waals surface area contributed by atoms with Crippen LogP contribution in [0.4, 0.5) is 8.78 Å². The molecule has 5 heavy (non-hydrogen) atoms. The summed E-state index contributed by atoms with van der Waals surface area (Å²) in [5, 5.41) is 0. The van der Waals surface area contributed by atoms with Crippen LogP contribution >= 0.6 is 0 Å². The maximum atomic E-state index is 11.0. The van der Waals surface area contributed by atoms with Crippen LogP contribution in [-0.4, -0.2) is 5.92 Å². The van der Waals surface area contributed by atoms with Crippen molar-refractivity contribution >= 4 is 0 Å². The lowest BCUT2D eigenvalue weighted by atomic mass is 10.8. The summed E-state index contributed by atoms with van der Waals surface area (Å²) < 4.78 is 21.9. The van der Waals surface area contributed by atoms with Gasteiger partial charge in [0.2, 0.25) is 0 Å². The molecule has 1 aliphatic carbocycles. The van der Waals surface area contributed by atoms with E-state index >= 15 is 0 Å². The van der Waals surface area contributed by atoms with Crippen LogP contribution in [0.25, 0.3) is 0 Å². The fourth-order valence-corrected chi connectivity index (χ4v) is 0.0546. The molecule has 0 aromatic carbocycles. The first-order chi connectivity index (χ1) is 2.21. The minimum Gasteiger partial charge on any atom is -0.196 e. The van der Waals surface area contributed by atoms with Crippen LogP contribution in [-0.2, 0) is 0 Å². The monoisotopic (exact) mass is 75.0 g/mol. The first-order valence-electron chi connectivity index (χ1n) is 1.21. The molecule has 0 amide bonds. The Labute approximate surface area is 28.1 Å². The Bertz CT molecular complexity index is 65.0. The van der Waals surface area contributed by atoms with E-state index in [4.69, 9.17) is 0 Å². The maximum Gasteiger partial charge on any atom is 0.292 e. The summed E-state index contributed by atoms with van der Waals surface area (Å²) in [6.45, 7) is 0. The van der Waals surface area contributed by atoms with Crippen molar-refractivity contribution in [1.29, 1.82) is 0 Å². The molecule has 0 saturated heterocycles. The van der Waals surface area contributed by atoms with Crippen molar-refractivity contribution in [3.05, 3.63) is 12.2 Å².